The molecule has 106 valence electrons. The molecule has 20 heavy (non-hydrogen) atoms. The molecule has 0 bridgehead atoms. The highest BCUT2D eigenvalue weighted by Gasteiger charge is 2.13. The molecular weight excluding hydrogens is 258 g/mol. The summed E-state index contributed by atoms with van der Waals surface area (Å²) in [5.74, 6) is 1.39. The maximum atomic E-state index is 11.4. The highest BCUT2D eigenvalue weighted by molar-refractivity contribution is 5.75. The minimum Gasteiger partial charge on any atom is -0.496 e. The molecule has 2 aromatic rings. The van der Waals surface area contributed by atoms with Crippen molar-refractivity contribution in [2.45, 2.75) is 26.3 Å². The van der Waals surface area contributed by atoms with Gasteiger partial charge >= 0.3 is 0 Å². The molecule has 0 spiro atoms. The highest BCUT2D eigenvalue weighted by Crippen LogP contribution is 2.28. The zero-order valence-electron chi connectivity index (χ0n) is 11.5. The zero-order chi connectivity index (χ0) is 14.4. The van der Waals surface area contributed by atoms with Crippen molar-refractivity contribution >= 4 is 5.91 Å². The molecule has 0 fully saturated rings. The van der Waals surface area contributed by atoms with Crippen molar-refractivity contribution in [3.63, 3.8) is 0 Å². The van der Waals surface area contributed by atoms with Gasteiger partial charge in [-0.05, 0) is 18.6 Å². The van der Waals surface area contributed by atoms with Crippen molar-refractivity contribution in [3.8, 4) is 17.2 Å². The van der Waals surface area contributed by atoms with Gasteiger partial charge in [-0.1, -0.05) is 19.1 Å². The summed E-state index contributed by atoms with van der Waals surface area (Å²) < 4.78 is 10.8. The summed E-state index contributed by atoms with van der Waals surface area (Å²) in [6.45, 7) is 2.19. The lowest BCUT2D eigenvalue weighted by atomic mass is 10.2. The average molecular weight is 275 g/mol. The predicted molar refractivity (Wildman–Crippen MR) is 73.0 cm³/mol. The summed E-state index contributed by atoms with van der Waals surface area (Å²) in [4.78, 5) is 11.4. The van der Waals surface area contributed by atoms with Gasteiger partial charge in [0.2, 0.25) is 11.8 Å². The molecule has 1 N–H and O–H groups in total. The quantitative estimate of drug-likeness (QED) is 0.874. The van der Waals surface area contributed by atoms with E-state index >= 15 is 0 Å². The summed E-state index contributed by atoms with van der Waals surface area (Å²) >= 11 is 0. The van der Waals surface area contributed by atoms with Crippen LogP contribution >= 0.6 is 0 Å². The molecule has 6 nitrogen and oxygen atoms in total. The van der Waals surface area contributed by atoms with Gasteiger partial charge < -0.3 is 14.5 Å². The molecule has 1 aromatic heterocycles. The Balaban J connectivity index is 2.07. The molecule has 1 aromatic carbocycles. The molecule has 1 amide bonds. The van der Waals surface area contributed by atoms with Gasteiger partial charge in [0.25, 0.3) is 5.89 Å². The number of methoxy groups -OCH3 is 1. The summed E-state index contributed by atoms with van der Waals surface area (Å²) in [5, 5.41) is 10.6. The van der Waals surface area contributed by atoms with Gasteiger partial charge in [-0.25, -0.2) is 0 Å². The number of ether oxygens (including phenoxy) is 1. The first kappa shape index (κ1) is 14.0. The Labute approximate surface area is 117 Å². The van der Waals surface area contributed by atoms with Crippen molar-refractivity contribution in [2.75, 3.05) is 7.11 Å². The minimum absolute atomic E-state index is 0.0236. The topological polar surface area (TPSA) is 77.2 Å². The Bertz CT molecular complexity index is 581. The lowest BCUT2D eigenvalue weighted by Crippen LogP contribution is -2.22. The van der Waals surface area contributed by atoms with Crippen LogP contribution in [0.5, 0.6) is 5.75 Å². The third kappa shape index (κ3) is 3.34. The van der Waals surface area contributed by atoms with Gasteiger partial charge in [-0.3, -0.25) is 4.79 Å². The molecule has 0 radical (unpaired) electrons. The minimum atomic E-state index is -0.0236. The molecule has 0 unspecified atom stereocenters. The number of rotatable bonds is 6. The van der Waals surface area contributed by atoms with Crippen LogP contribution < -0.4 is 10.1 Å². The van der Waals surface area contributed by atoms with E-state index in [-0.39, 0.29) is 12.5 Å². The summed E-state index contributed by atoms with van der Waals surface area (Å²) in [6, 6.07) is 7.39. The maximum absolute atomic E-state index is 11.4. The number of aromatic nitrogens is 2. The number of nitrogens with zero attached hydrogens (tertiary/aromatic N) is 2. The predicted octanol–water partition coefficient (Wildman–Crippen LogP) is 2.16. The molecule has 0 atom stereocenters. The van der Waals surface area contributed by atoms with Crippen molar-refractivity contribution in [3.05, 3.63) is 30.2 Å². The Hall–Kier alpha value is -2.37. The molecule has 0 aliphatic carbocycles. The third-order valence-corrected chi connectivity index (χ3v) is 2.72. The summed E-state index contributed by atoms with van der Waals surface area (Å²) in [5.41, 5.74) is 0.730. The van der Waals surface area contributed by atoms with Crippen LogP contribution in [0.3, 0.4) is 0 Å². The first-order chi connectivity index (χ1) is 9.74. The fraction of sp³-hybridized carbons (Fsp3) is 0.357. The Morgan fingerprint density at radius 1 is 1.35 bits per heavy atom. The molecule has 0 aliphatic heterocycles. The monoisotopic (exact) mass is 275 g/mol. The smallest absolute Gasteiger partial charge is 0.251 e. The van der Waals surface area contributed by atoms with E-state index < -0.39 is 0 Å². The standard InChI is InChI=1S/C14H17N3O3/c1-3-6-12(18)15-9-13-16-17-14(20-13)10-7-4-5-8-11(10)19-2/h4-5,7-8H,3,6,9H2,1-2H3,(H,15,18). The number of nitrogens with one attached hydrogen (secondary N) is 1. The normalized spacial score (nSPS) is 10.3. The van der Waals surface area contributed by atoms with Gasteiger partial charge in [-0.2, -0.15) is 0 Å². The second kappa shape index (κ2) is 6.70. The van der Waals surface area contributed by atoms with E-state index in [0.717, 1.165) is 12.0 Å². The Morgan fingerprint density at radius 2 is 2.15 bits per heavy atom. The molecule has 1 heterocycles. The van der Waals surface area contributed by atoms with E-state index in [0.29, 0.717) is 24.0 Å². The van der Waals surface area contributed by atoms with E-state index in [4.69, 9.17) is 9.15 Å². The van der Waals surface area contributed by atoms with Crippen LogP contribution in [0.4, 0.5) is 0 Å². The van der Waals surface area contributed by atoms with Gasteiger partial charge in [0, 0.05) is 6.42 Å². The highest BCUT2D eigenvalue weighted by atomic mass is 16.5. The second-order valence-corrected chi connectivity index (χ2v) is 4.23. The number of carbonyl (C=O) groups is 1. The molecule has 0 saturated heterocycles. The van der Waals surface area contributed by atoms with Gasteiger partial charge in [0.1, 0.15) is 5.75 Å². The summed E-state index contributed by atoms with van der Waals surface area (Å²) in [7, 11) is 1.58. The van der Waals surface area contributed by atoms with Crippen LogP contribution in [-0.2, 0) is 11.3 Å². The number of para-hydroxylation sites is 1. The zero-order valence-corrected chi connectivity index (χ0v) is 11.5. The lowest BCUT2D eigenvalue weighted by Gasteiger charge is -2.03. The van der Waals surface area contributed by atoms with Crippen LogP contribution in [0.15, 0.2) is 28.7 Å². The fourth-order valence-electron chi connectivity index (χ4n) is 1.74. The van der Waals surface area contributed by atoms with Crippen molar-refractivity contribution in [1.29, 1.82) is 0 Å². The Kier molecular flexibility index (Phi) is 4.70. The lowest BCUT2D eigenvalue weighted by molar-refractivity contribution is -0.121. The van der Waals surface area contributed by atoms with Gasteiger partial charge in [-0.15, -0.1) is 10.2 Å². The van der Waals surface area contributed by atoms with Crippen molar-refractivity contribution in [2.24, 2.45) is 0 Å². The average Bonchev–Trinajstić information content (AvgIpc) is 2.94. The summed E-state index contributed by atoms with van der Waals surface area (Å²) in [6.07, 6.45) is 1.30. The van der Waals surface area contributed by atoms with Crippen molar-refractivity contribution < 1.29 is 13.9 Å². The fourth-order valence-corrected chi connectivity index (χ4v) is 1.74. The molecule has 6 heteroatoms. The van der Waals surface area contributed by atoms with Crippen LogP contribution in [0.2, 0.25) is 0 Å². The largest absolute Gasteiger partial charge is 0.496 e. The van der Waals surface area contributed by atoms with E-state index in [1.807, 2.05) is 31.2 Å². The number of hydrogen-bond acceptors (Lipinski definition) is 5. The van der Waals surface area contributed by atoms with Crippen LogP contribution in [-0.4, -0.2) is 23.2 Å². The molecular formula is C14H17N3O3. The number of benzene rings is 1. The van der Waals surface area contributed by atoms with E-state index in [1.165, 1.54) is 0 Å². The van der Waals surface area contributed by atoms with E-state index in [1.54, 1.807) is 7.11 Å². The van der Waals surface area contributed by atoms with E-state index in [2.05, 4.69) is 15.5 Å². The number of carbonyl (C=O) groups excluding carboxylic acids is 1. The first-order valence-corrected chi connectivity index (χ1v) is 6.47. The van der Waals surface area contributed by atoms with Crippen LogP contribution in [0.1, 0.15) is 25.7 Å². The Morgan fingerprint density at radius 3 is 2.90 bits per heavy atom. The molecule has 0 aliphatic rings. The maximum Gasteiger partial charge on any atom is 0.251 e. The van der Waals surface area contributed by atoms with Gasteiger partial charge in [0.05, 0.1) is 19.2 Å². The second-order valence-electron chi connectivity index (χ2n) is 4.23. The molecule has 0 saturated carbocycles. The van der Waals surface area contributed by atoms with Gasteiger partial charge in [0.15, 0.2) is 0 Å². The third-order valence-electron chi connectivity index (χ3n) is 2.72. The van der Waals surface area contributed by atoms with E-state index in [9.17, 15) is 4.79 Å². The SMILES string of the molecule is CCCC(=O)NCc1nnc(-c2ccccc2OC)o1. The number of amides is 1. The first-order valence-electron chi connectivity index (χ1n) is 6.47. The van der Waals surface area contributed by atoms with Crippen LogP contribution in [0, 0.1) is 0 Å². The van der Waals surface area contributed by atoms with Crippen LogP contribution in [0.25, 0.3) is 11.5 Å². The number of hydrogen-bond donors (Lipinski definition) is 1. The van der Waals surface area contributed by atoms with Crippen molar-refractivity contribution in [1.82, 2.24) is 15.5 Å². The molecule has 2 rings (SSSR count).